The normalized spacial score (nSPS) is 10.9. The van der Waals surface area contributed by atoms with Crippen molar-refractivity contribution in [2.24, 2.45) is 4.99 Å². The molecule has 2 N–H and O–H groups in total. The monoisotopic (exact) mass is 474 g/mol. The molecule has 0 atom stereocenters. The second-order valence-corrected chi connectivity index (χ2v) is 6.72. The van der Waals surface area contributed by atoms with Crippen molar-refractivity contribution in [3.05, 3.63) is 45.9 Å². The third kappa shape index (κ3) is 8.04. The quantitative estimate of drug-likeness (QED) is 0.350. The predicted octanol–water partition coefficient (Wildman–Crippen LogP) is 3.42. The summed E-state index contributed by atoms with van der Waals surface area (Å²) in [5.74, 6) is 1.75. The topological polar surface area (TPSA) is 58.5 Å². The standard InChI is InChI=1S/C18H26N4OS.HI/c1-4-19-18(21-12-10-17-22-13-14(2)24-17)20-11-9-15-5-7-16(23-3)8-6-15;/h5-8,13H,4,9-12H2,1-3H3,(H2,19,20,21);1H. The van der Waals surface area contributed by atoms with Gasteiger partial charge < -0.3 is 15.4 Å². The number of hydrogen-bond donors (Lipinski definition) is 2. The molecule has 7 heteroatoms. The van der Waals surface area contributed by atoms with Crippen LogP contribution in [-0.2, 0) is 12.8 Å². The Morgan fingerprint density at radius 3 is 2.56 bits per heavy atom. The van der Waals surface area contributed by atoms with E-state index in [4.69, 9.17) is 4.74 Å². The van der Waals surface area contributed by atoms with Crippen molar-refractivity contribution >= 4 is 41.3 Å². The molecule has 5 nitrogen and oxygen atoms in total. The van der Waals surface area contributed by atoms with E-state index in [2.05, 4.69) is 46.6 Å². The molecule has 0 aliphatic heterocycles. The SMILES string of the molecule is CCNC(=NCCc1ncc(C)s1)NCCc1ccc(OC)cc1.I. The minimum Gasteiger partial charge on any atom is -0.497 e. The molecule has 2 aromatic rings. The van der Waals surface area contributed by atoms with Crippen LogP contribution in [0, 0.1) is 6.92 Å². The molecule has 0 saturated heterocycles. The van der Waals surface area contributed by atoms with Crippen molar-refractivity contribution < 1.29 is 4.74 Å². The number of aromatic nitrogens is 1. The molecule has 1 aromatic carbocycles. The summed E-state index contributed by atoms with van der Waals surface area (Å²) in [7, 11) is 1.68. The molecule has 0 unspecified atom stereocenters. The fraction of sp³-hybridized carbons (Fsp3) is 0.444. The van der Waals surface area contributed by atoms with E-state index in [9.17, 15) is 0 Å². The summed E-state index contributed by atoms with van der Waals surface area (Å²) in [6.45, 7) is 6.59. The van der Waals surface area contributed by atoms with E-state index in [1.807, 2.05) is 18.3 Å². The average molecular weight is 474 g/mol. The summed E-state index contributed by atoms with van der Waals surface area (Å²) in [6, 6.07) is 8.17. The van der Waals surface area contributed by atoms with Crippen LogP contribution in [0.5, 0.6) is 5.75 Å². The van der Waals surface area contributed by atoms with Crippen LogP contribution in [0.15, 0.2) is 35.5 Å². The zero-order valence-electron chi connectivity index (χ0n) is 15.0. The van der Waals surface area contributed by atoms with Crippen LogP contribution in [0.2, 0.25) is 0 Å². The van der Waals surface area contributed by atoms with Gasteiger partial charge in [0.1, 0.15) is 5.75 Å². The Morgan fingerprint density at radius 2 is 1.96 bits per heavy atom. The van der Waals surface area contributed by atoms with Gasteiger partial charge >= 0.3 is 0 Å². The van der Waals surface area contributed by atoms with Crippen molar-refractivity contribution in [2.75, 3.05) is 26.7 Å². The summed E-state index contributed by atoms with van der Waals surface area (Å²) >= 11 is 1.74. The Balaban J connectivity index is 0.00000312. The largest absolute Gasteiger partial charge is 0.497 e. The molecule has 0 aliphatic carbocycles. The number of nitrogens with zero attached hydrogens (tertiary/aromatic N) is 2. The second-order valence-electron chi connectivity index (χ2n) is 5.40. The third-order valence-corrected chi connectivity index (χ3v) is 4.45. The summed E-state index contributed by atoms with van der Waals surface area (Å²) in [4.78, 5) is 10.2. The number of aryl methyl sites for hydroxylation is 1. The molecule has 0 amide bonds. The molecule has 138 valence electrons. The van der Waals surface area contributed by atoms with E-state index >= 15 is 0 Å². The van der Waals surface area contributed by atoms with E-state index in [-0.39, 0.29) is 24.0 Å². The number of ether oxygens (including phenoxy) is 1. The molecule has 1 aromatic heterocycles. The van der Waals surface area contributed by atoms with Gasteiger partial charge in [0.05, 0.1) is 12.1 Å². The number of benzene rings is 1. The lowest BCUT2D eigenvalue weighted by atomic mass is 10.1. The molecule has 2 rings (SSSR count). The molecule has 0 radical (unpaired) electrons. The lowest BCUT2D eigenvalue weighted by molar-refractivity contribution is 0.414. The van der Waals surface area contributed by atoms with Crippen LogP contribution < -0.4 is 15.4 Å². The van der Waals surface area contributed by atoms with Gasteiger partial charge in [0.25, 0.3) is 0 Å². The Kier molecular flexibility index (Phi) is 10.5. The van der Waals surface area contributed by atoms with E-state index < -0.39 is 0 Å². The van der Waals surface area contributed by atoms with Crippen LogP contribution in [0.3, 0.4) is 0 Å². The highest BCUT2D eigenvalue weighted by Crippen LogP contribution is 2.12. The molecule has 25 heavy (non-hydrogen) atoms. The molecule has 0 saturated carbocycles. The van der Waals surface area contributed by atoms with Gasteiger partial charge in [-0.05, 0) is 38.0 Å². The lowest BCUT2D eigenvalue weighted by Crippen LogP contribution is -2.38. The Morgan fingerprint density at radius 1 is 1.20 bits per heavy atom. The fourth-order valence-corrected chi connectivity index (χ4v) is 3.02. The number of hydrogen-bond acceptors (Lipinski definition) is 4. The van der Waals surface area contributed by atoms with Gasteiger partial charge in [-0.25, -0.2) is 4.98 Å². The molecule has 0 spiro atoms. The maximum Gasteiger partial charge on any atom is 0.191 e. The van der Waals surface area contributed by atoms with Crippen molar-refractivity contribution in [3.63, 3.8) is 0 Å². The first-order valence-corrected chi connectivity index (χ1v) is 9.09. The van der Waals surface area contributed by atoms with E-state index in [0.717, 1.165) is 49.2 Å². The van der Waals surface area contributed by atoms with Gasteiger partial charge in [-0.3, -0.25) is 4.99 Å². The number of methoxy groups -OCH3 is 1. The van der Waals surface area contributed by atoms with E-state index in [1.165, 1.54) is 10.4 Å². The fourth-order valence-electron chi connectivity index (χ4n) is 2.24. The van der Waals surface area contributed by atoms with Crippen molar-refractivity contribution in [3.8, 4) is 5.75 Å². The number of aliphatic imine (C=N–C) groups is 1. The molecule has 1 heterocycles. The smallest absolute Gasteiger partial charge is 0.191 e. The van der Waals surface area contributed by atoms with Crippen LogP contribution in [0.25, 0.3) is 0 Å². The molecule has 0 bridgehead atoms. The average Bonchev–Trinajstić information content (AvgIpc) is 3.01. The maximum atomic E-state index is 5.18. The number of halogens is 1. The van der Waals surface area contributed by atoms with Crippen LogP contribution >= 0.6 is 35.3 Å². The molecular formula is C18H27IN4OS. The summed E-state index contributed by atoms with van der Waals surface area (Å²) in [5.41, 5.74) is 1.28. The minimum atomic E-state index is 0. The van der Waals surface area contributed by atoms with Gasteiger partial charge in [0.2, 0.25) is 0 Å². The Labute approximate surface area is 171 Å². The molecular weight excluding hydrogens is 447 g/mol. The number of guanidine groups is 1. The zero-order chi connectivity index (χ0) is 17.2. The van der Waals surface area contributed by atoms with E-state index in [0.29, 0.717) is 0 Å². The van der Waals surface area contributed by atoms with Crippen molar-refractivity contribution in [1.82, 2.24) is 15.6 Å². The highest BCUT2D eigenvalue weighted by Gasteiger charge is 2.01. The summed E-state index contributed by atoms with van der Waals surface area (Å²) < 4.78 is 5.18. The highest BCUT2D eigenvalue weighted by molar-refractivity contribution is 14.0. The van der Waals surface area contributed by atoms with E-state index in [1.54, 1.807) is 18.4 Å². The third-order valence-electron chi connectivity index (χ3n) is 3.47. The molecule has 0 fully saturated rings. The second kappa shape index (κ2) is 12.1. The number of nitrogens with one attached hydrogen (secondary N) is 2. The first-order chi connectivity index (χ1) is 11.7. The maximum absolute atomic E-state index is 5.18. The Bertz CT molecular complexity index is 643. The lowest BCUT2D eigenvalue weighted by Gasteiger charge is -2.11. The van der Waals surface area contributed by atoms with Crippen LogP contribution in [-0.4, -0.2) is 37.7 Å². The summed E-state index contributed by atoms with van der Waals surface area (Å²) in [6.07, 6.45) is 3.75. The van der Waals surface area contributed by atoms with Gasteiger partial charge in [0, 0.05) is 37.1 Å². The minimum absolute atomic E-state index is 0. The summed E-state index contributed by atoms with van der Waals surface area (Å²) in [5, 5.41) is 7.80. The van der Waals surface area contributed by atoms with Gasteiger partial charge in [-0.1, -0.05) is 12.1 Å². The molecule has 0 aliphatic rings. The van der Waals surface area contributed by atoms with Gasteiger partial charge in [-0.2, -0.15) is 0 Å². The zero-order valence-corrected chi connectivity index (χ0v) is 18.2. The van der Waals surface area contributed by atoms with Crippen molar-refractivity contribution in [1.29, 1.82) is 0 Å². The number of rotatable bonds is 8. The van der Waals surface area contributed by atoms with Crippen LogP contribution in [0.4, 0.5) is 0 Å². The van der Waals surface area contributed by atoms with Gasteiger partial charge in [-0.15, -0.1) is 35.3 Å². The first kappa shape index (κ1) is 21.7. The van der Waals surface area contributed by atoms with Gasteiger partial charge in [0.15, 0.2) is 5.96 Å². The van der Waals surface area contributed by atoms with Crippen LogP contribution in [0.1, 0.15) is 22.4 Å². The van der Waals surface area contributed by atoms with Crippen molar-refractivity contribution in [2.45, 2.75) is 26.7 Å². The first-order valence-electron chi connectivity index (χ1n) is 8.27. The predicted molar refractivity (Wildman–Crippen MR) is 117 cm³/mol. The number of thiazole rings is 1. The highest BCUT2D eigenvalue weighted by atomic mass is 127. The Hall–Kier alpha value is -1.35.